The molecule has 0 spiro atoms. The second kappa shape index (κ2) is 7.56. The molecule has 1 aliphatic heterocycles. The van der Waals surface area contributed by atoms with Crippen LogP contribution < -0.4 is 15.2 Å². The van der Waals surface area contributed by atoms with E-state index in [1.165, 1.54) is 0 Å². The van der Waals surface area contributed by atoms with Crippen molar-refractivity contribution in [1.82, 2.24) is 0 Å². The van der Waals surface area contributed by atoms with Crippen molar-refractivity contribution in [2.24, 2.45) is 5.73 Å². The van der Waals surface area contributed by atoms with E-state index in [1.54, 1.807) is 30.3 Å². The van der Waals surface area contributed by atoms with Gasteiger partial charge in [-0.1, -0.05) is 42.5 Å². The smallest absolute Gasteiger partial charge is 0.248 e. The highest BCUT2D eigenvalue weighted by atomic mass is 16.5. The first-order valence-electron chi connectivity index (χ1n) is 9.03. The maximum absolute atomic E-state index is 12.0. The van der Waals surface area contributed by atoms with Crippen molar-refractivity contribution in [1.29, 1.82) is 0 Å². The van der Waals surface area contributed by atoms with Gasteiger partial charge in [-0.05, 0) is 35.4 Å². The maximum Gasteiger partial charge on any atom is 0.248 e. The molecule has 0 unspecified atom stereocenters. The van der Waals surface area contributed by atoms with Crippen LogP contribution >= 0.6 is 0 Å². The number of carbonyl (C=O) groups is 2. The summed E-state index contributed by atoms with van der Waals surface area (Å²) in [6.45, 7) is 0.381. The number of nitrogens with two attached hydrogens (primary N) is 1. The molecule has 2 N–H and O–H groups in total. The average molecular weight is 373 g/mol. The average Bonchev–Trinajstić information content (AvgIpc) is 2.73. The van der Waals surface area contributed by atoms with Gasteiger partial charge in [-0.2, -0.15) is 0 Å². The summed E-state index contributed by atoms with van der Waals surface area (Å²) in [7, 11) is 0. The second-order valence-electron chi connectivity index (χ2n) is 6.57. The largest absolute Gasteiger partial charge is 0.492 e. The normalized spacial score (nSPS) is 13.9. The number of primary amides is 1. The zero-order valence-electron chi connectivity index (χ0n) is 15.1. The van der Waals surface area contributed by atoms with Crippen LogP contribution in [-0.4, -0.2) is 18.3 Å². The van der Waals surface area contributed by atoms with Crippen LogP contribution in [0.15, 0.2) is 72.8 Å². The van der Waals surface area contributed by atoms with Crippen LogP contribution in [0.3, 0.4) is 0 Å². The van der Waals surface area contributed by atoms with E-state index in [9.17, 15) is 9.59 Å². The molecule has 3 aromatic carbocycles. The zero-order chi connectivity index (χ0) is 19.5. The third-order valence-electron chi connectivity index (χ3n) is 4.69. The molecule has 1 heterocycles. The first-order chi connectivity index (χ1) is 13.6. The number of Topliss-reactive ketones (excluding diaryl/α,β-unsaturated/α-hetero) is 1. The van der Waals surface area contributed by atoms with Crippen molar-refractivity contribution in [2.45, 2.75) is 12.5 Å². The maximum atomic E-state index is 12.0. The number of ketones is 1. The van der Waals surface area contributed by atoms with E-state index in [0.29, 0.717) is 35.7 Å². The Balaban J connectivity index is 1.68. The van der Waals surface area contributed by atoms with Gasteiger partial charge >= 0.3 is 0 Å². The molecule has 1 amide bonds. The fourth-order valence-electron chi connectivity index (χ4n) is 3.23. The monoisotopic (exact) mass is 373 g/mol. The minimum absolute atomic E-state index is 0.0782. The topological polar surface area (TPSA) is 78.6 Å². The fourth-order valence-corrected chi connectivity index (χ4v) is 3.23. The van der Waals surface area contributed by atoms with Gasteiger partial charge in [0.05, 0.1) is 12.2 Å². The summed E-state index contributed by atoms with van der Waals surface area (Å²) in [5.74, 6) is 0.751. The van der Waals surface area contributed by atoms with Gasteiger partial charge in [-0.3, -0.25) is 9.59 Å². The van der Waals surface area contributed by atoms with E-state index >= 15 is 0 Å². The molecule has 0 radical (unpaired) electrons. The molecular weight excluding hydrogens is 354 g/mol. The SMILES string of the molecule is NC(=O)c1ccc([C@@H](Oc2ccc3c(c2)OCCC3=O)c2ccccc2)cc1. The van der Waals surface area contributed by atoms with E-state index in [1.807, 2.05) is 42.5 Å². The van der Waals surface area contributed by atoms with Crippen molar-refractivity contribution in [3.8, 4) is 11.5 Å². The summed E-state index contributed by atoms with van der Waals surface area (Å²) < 4.78 is 11.9. The van der Waals surface area contributed by atoms with Gasteiger partial charge in [0, 0.05) is 18.1 Å². The highest BCUT2D eigenvalue weighted by molar-refractivity contribution is 5.99. The molecule has 0 saturated heterocycles. The van der Waals surface area contributed by atoms with Crippen molar-refractivity contribution in [2.75, 3.05) is 6.61 Å². The molecule has 0 bridgehead atoms. The third-order valence-corrected chi connectivity index (χ3v) is 4.69. The second-order valence-corrected chi connectivity index (χ2v) is 6.57. The fraction of sp³-hybridized carbons (Fsp3) is 0.130. The number of rotatable bonds is 5. The van der Waals surface area contributed by atoms with Crippen LogP contribution in [0.1, 0.15) is 44.4 Å². The molecule has 4 rings (SSSR count). The molecular formula is C23H19NO4. The molecule has 0 saturated carbocycles. The first kappa shape index (κ1) is 17.8. The van der Waals surface area contributed by atoms with Gasteiger partial charge in [0.1, 0.15) is 17.6 Å². The summed E-state index contributed by atoms with van der Waals surface area (Å²) in [5, 5.41) is 0. The minimum Gasteiger partial charge on any atom is -0.492 e. The summed E-state index contributed by atoms with van der Waals surface area (Å²) >= 11 is 0. The Bertz CT molecular complexity index is 1010. The predicted octanol–water partition coefficient (Wildman–Crippen LogP) is 3.92. The lowest BCUT2D eigenvalue weighted by Crippen LogP contribution is -2.16. The Hall–Kier alpha value is -3.60. The van der Waals surface area contributed by atoms with Gasteiger partial charge in [0.2, 0.25) is 5.91 Å². The molecule has 5 nitrogen and oxygen atoms in total. The van der Waals surface area contributed by atoms with Crippen molar-refractivity contribution in [3.05, 3.63) is 95.1 Å². The van der Waals surface area contributed by atoms with E-state index < -0.39 is 5.91 Å². The summed E-state index contributed by atoms with van der Waals surface area (Å²) in [4.78, 5) is 23.3. The number of hydrogen-bond acceptors (Lipinski definition) is 4. The number of benzene rings is 3. The van der Waals surface area contributed by atoms with Crippen molar-refractivity contribution in [3.63, 3.8) is 0 Å². The van der Waals surface area contributed by atoms with E-state index in [4.69, 9.17) is 15.2 Å². The third kappa shape index (κ3) is 3.60. The first-order valence-corrected chi connectivity index (χ1v) is 9.03. The van der Waals surface area contributed by atoms with Crippen LogP contribution in [0.2, 0.25) is 0 Å². The molecule has 3 aromatic rings. The summed E-state index contributed by atoms with van der Waals surface area (Å²) in [6.07, 6.45) is 0.00644. The van der Waals surface area contributed by atoms with Crippen molar-refractivity contribution < 1.29 is 19.1 Å². The molecule has 0 fully saturated rings. The number of ether oxygens (including phenoxy) is 2. The molecule has 28 heavy (non-hydrogen) atoms. The lowest BCUT2D eigenvalue weighted by molar-refractivity contribution is 0.0932. The van der Waals surface area contributed by atoms with Gasteiger partial charge < -0.3 is 15.2 Å². The summed E-state index contributed by atoms with van der Waals surface area (Å²) in [5.41, 5.74) is 8.21. The van der Waals surface area contributed by atoms with Crippen LogP contribution in [0.5, 0.6) is 11.5 Å². The Morgan fingerprint density at radius 2 is 1.68 bits per heavy atom. The number of carbonyl (C=O) groups excluding carboxylic acids is 2. The molecule has 1 atom stereocenters. The lowest BCUT2D eigenvalue weighted by Gasteiger charge is -2.22. The molecule has 0 aromatic heterocycles. The molecule has 5 heteroatoms. The van der Waals surface area contributed by atoms with E-state index in [-0.39, 0.29) is 11.9 Å². The Kier molecular flexibility index (Phi) is 4.81. The number of fused-ring (bicyclic) bond motifs is 1. The molecule has 1 aliphatic rings. The quantitative estimate of drug-likeness (QED) is 0.735. The Morgan fingerprint density at radius 3 is 2.39 bits per heavy atom. The lowest BCUT2D eigenvalue weighted by atomic mass is 9.99. The van der Waals surface area contributed by atoms with Crippen LogP contribution in [0.4, 0.5) is 0 Å². The Morgan fingerprint density at radius 1 is 0.964 bits per heavy atom. The van der Waals surface area contributed by atoms with E-state index in [2.05, 4.69) is 0 Å². The van der Waals surface area contributed by atoms with Crippen LogP contribution in [-0.2, 0) is 0 Å². The van der Waals surface area contributed by atoms with Gasteiger partial charge in [-0.25, -0.2) is 0 Å². The summed E-state index contributed by atoms with van der Waals surface area (Å²) in [6, 6.07) is 22.1. The van der Waals surface area contributed by atoms with Crippen LogP contribution in [0.25, 0.3) is 0 Å². The number of amides is 1. The van der Waals surface area contributed by atoms with Gasteiger partial charge in [0.25, 0.3) is 0 Å². The zero-order valence-corrected chi connectivity index (χ0v) is 15.1. The molecule has 140 valence electrons. The van der Waals surface area contributed by atoms with Crippen molar-refractivity contribution >= 4 is 11.7 Å². The van der Waals surface area contributed by atoms with Crippen LogP contribution in [0, 0.1) is 0 Å². The highest BCUT2D eigenvalue weighted by Crippen LogP contribution is 2.33. The predicted molar refractivity (Wildman–Crippen MR) is 105 cm³/mol. The van der Waals surface area contributed by atoms with Gasteiger partial charge in [-0.15, -0.1) is 0 Å². The van der Waals surface area contributed by atoms with Gasteiger partial charge in [0.15, 0.2) is 5.78 Å². The highest BCUT2D eigenvalue weighted by Gasteiger charge is 2.21. The Labute approximate surface area is 162 Å². The van der Waals surface area contributed by atoms with E-state index in [0.717, 1.165) is 11.1 Å². The standard InChI is InChI=1S/C23H19NO4/c24-23(26)17-8-6-16(7-9-17)22(15-4-2-1-3-5-15)28-18-10-11-19-20(25)12-13-27-21(19)14-18/h1-11,14,22H,12-13H2,(H2,24,26)/t22-/m0/s1. The minimum atomic E-state index is -0.472. The number of hydrogen-bond donors (Lipinski definition) is 1. The molecule has 0 aliphatic carbocycles.